The average molecular weight is 601 g/mol. The summed E-state index contributed by atoms with van der Waals surface area (Å²) < 4.78 is 5.93. The minimum absolute atomic E-state index is 0.0553. The fraction of sp³-hybridized carbons (Fsp3) is 0.357. The van der Waals surface area contributed by atoms with Gasteiger partial charge in [-0.05, 0) is 41.8 Å². The number of carbonyl (C=O) groups excluding carboxylic acids is 4. The Morgan fingerprint density at radius 1 is 0.976 bits per heavy atom. The normalized spacial score (nSPS) is 19.7. The third-order valence-corrected chi connectivity index (χ3v) is 6.71. The van der Waals surface area contributed by atoms with E-state index in [2.05, 4.69) is 33.9 Å². The van der Waals surface area contributed by atoms with Crippen molar-refractivity contribution in [3.8, 4) is 11.5 Å². The monoisotopic (exact) mass is 600 g/mol. The number of aliphatic carboxylic acids is 2. The maximum atomic E-state index is 13.4. The van der Waals surface area contributed by atoms with Crippen LogP contribution in [0.2, 0.25) is 0 Å². The Balaban J connectivity index is 2.04. The van der Waals surface area contributed by atoms with Crippen LogP contribution in [0.1, 0.15) is 30.9 Å². The number of rotatable bonds is 8. The lowest BCUT2D eigenvalue weighted by molar-refractivity contribution is -0.141. The van der Waals surface area contributed by atoms with E-state index in [1.54, 1.807) is 48.5 Å². The summed E-state index contributed by atoms with van der Waals surface area (Å²) in [5.74, 6) is -4.79. The van der Waals surface area contributed by atoms with Crippen molar-refractivity contribution in [2.45, 2.75) is 56.8 Å². The first kappa shape index (κ1) is 31.9. The summed E-state index contributed by atoms with van der Waals surface area (Å²) >= 11 is 3.96. The maximum Gasteiger partial charge on any atom is 0.327 e. The highest BCUT2D eigenvalue weighted by Gasteiger charge is 2.31. The third kappa shape index (κ3) is 9.51. The van der Waals surface area contributed by atoms with Gasteiger partial charge in [0.1, 0.15) is 35.7 Å². The molecule has 2 aliphatic heterocycles. The Morgan fingerprint density at radius 2 is 1.69 bits per heavy atom. The molecule has 4 bridgehead atoms. The van der Waals surface area contributed by atoms with Crippen LogP contribution in [-0.2, 0) is 41.6 Å². The zero-order valence-corrected chi connectivity index (χ0v) is 23.6. The second-order valence-electron chi connectivity index (χ2n) is 9.69. The molecule has 6 N–H and O–H groups in total. The summed E-state index contributed by atoms with van der Waals surface area (Å²) in [6, 6.07) is 8.35. The van der Waals surface area contributed by atoms with Gasteiger partial charge in [-0.15, -0.1) is 0 Å². The number of carboxylic acids is 2. The lowest BCUT2D eigenvalue weighted by atomic mass is 10.0. The van der Waals surface area contributed by atoms with Crippen LogP contribution < -0.4 is 26.0 Å². The molecule has 0 unspecified atom stereocenters. The summed E-state index contributed by atoms with van der Waals surface area (Å²) in [5.41, 5.74) is 1.23. The number of carbonyl (C=O) groups is 6. The number of hydrogen-bond acceptors (Lipinski definition) is 8. The van der Waals surface area contributed by atoms with Gasteiger partial charge in [-0.3, -0.25) is 24.0 Å². The first-order valence-electron chi connectivity index (χ1n) is 13.0. The van der Waals surface area contributed by atoms with Crippen LogP contribution >= 0.6 is 12.6 Å². The lowest BCUT2D eigenvalue weighted by Crippen LogP contribution is -2.58. The van der Waals surface area contributed by atoms with Crippen LogP contribution in [0.3, 0.4) is 0 Å². The highest BCUT2D eigenvalue weighted by molar-refractivity contribution is 7.80. The maximum absolute atomic E-state index is 13.4. The van der Waals surface area contributed by atoms with Crippen LogP contribution in [0.25, 0.3) is 0 Å². The van der Waals surface area contributed by atoms with E-state index >= 15 is 0 Å². The SMILES string of the molecule is CC(=O)N[C@H]1Cc2ccc(cc2)Oc2cccc(c2)C[C@@H](C(=O)N[C@@H](CS)C(=O)O)NC(=O)[C@H](CCC(=O)O)NC1=O. The van der Waals surface area contributed by atoms with E-state index in [4.69, 9.17) is 4.74 Å². The van der Waals surface area contributed by atoms with Gasteiger partial charge in [-0.25, -0.2) is 4.79 Å². The van der Waals surface area contributed by atoms with Gasteiger partial charge in [-0.2, -0.15) is 12.6 Å². The molecule has 0 fully saturated rings. The molecule has 4 rings (SSSR count). The third-order valence-electron chi connectivity index (χ3n) is 6.34. The van der Waals surface area contributed by atoms with Crippen molar-refractivity contribution in [2.75, 3.05) is 5.75 Å². The minimum atomic E-state index is -1.40. The molecule has 2 aromatic carbocycles. The van der Waals surface area contributed by atoms with Crippen molar-refractivity contribution in [1.29, 1.82) is 0 Å². The molecule has 14 heteroatoms. The number of nitrogens with one attached hydrogen (secondary N) is 4. The molecule has 2 heterocycles. The van der Waals surface area contributed by atoms with Crippen molar-refractivity contribution in [2.24, 2.45) is 0 Å². The van der Waals surface area contributed by atoms with Gasteiger partial charge >= 0.3 is 11.9 Å². The lowest BCUT2D eigenvalue weighted by Gasteiger charge is -2.26. The molecular weight excluding hydrogens is 568 g/mol. The van der Waals surface area contributed by atoms with Gasteiger partial charge in [0.05, 0.1) is 0 Å². The summed E-state index contributed by atoms with van der Waals surface area (Å²) in [7, 11) is 0. The minimum Gasteiger partial charge on any atom is -0.481 e. The van der Waals surface area contributed by atoms with E-state index in [-0.39, 0.29) is 25.0 Å². The molecular formula is C28H32N4O9S. The predicted octanol–water partition coefficient (Wildman–Crippen LogP) is 0.416. The van der Waals surface area contributed by atoms with Crippen molar-refractivity contribution >= 4 is 48.2 Å². The van der Waals surface area contributed by atoms with Crippen molar-refractivity contribution in [1.82, 2.24) is 21.3 Å². The molecule has 0 aromatic heterocycles. The zero-order valence-electron chi connectivity index (χ0n) is 22.7. The quantitative estimate of drug-likeness (QED) is 0.210. The number of hydrogen-bond donors (Lipinski definition) is 7. The molecule has 4 atom stereocenters. The molecule has 4 amide bonds. The number of fused-ring (bicyclic) bond motifs is 10. The van der Waals surface area contributed by atoms with Gasteiger partial charge in [-0.1, -0.05) is 24.3 Å². The van der Waals surface area contributed by atoms with Crippen LogP contribution in [-0.4, -0.2) is 75.7 Å². The molecule has 0 radical (unpaired) electrons. The Bertz CT molecular complexity index is 1330. The summed E-state index contributed by atoms with van der Waals surface area (Å²) in [6.45, 7) is 1.23. The van der Waals surface area contributed by atoms with E-state index in [0.717, 1.165) is 0 Å². The second kappa shape index (κ2) is 14.9. The van der Waals surface area contributed by atoms with E-state index in [1.165, 1.54) is 6.92 Å². The first-order chi connectivity index (χ1) is 19.9. The molecule has 2 aliphatic rings. The average Bonchev–Trinajstić information content (AvgIpc) is 2.93. The van der Waals surface area contributed by atoms with Crippen LogP contribution in [0, 0.1) is 0 Å². The summed E-state index contributed by atoms with van der Waals surface area (Å²) in [6.07, 6.45) is -0.845. The first-order valence-corrected chi connectivity index (χ1v) is 13.7. The van der Waals surface area contributed by atoms with Gasteiger partial charge in [0.15, 0.2) is 0 Å². The molecule has 2 aromatic rings. The number of benzene rings is 2. The molecule has 0 spiro atoms. The molecule has 0 saturated heterocycles. The fourth-order valence-electron chi connectivity index (χ4n) is 4.24. The Morgan fingerprint density at radius 3 is 2.31 bits per heavy atom. The van der Waals surface area contributed by atoms with Gasteiger partial charge in [0.25, 0.3) is 0 Å². The summed E-state index contributed by atoms with van der Waals surface area (Å²) in [4.78, 5) is 74.6. The van der Waals surface area contributed by atoms with E-state index in [0.29, 0.717) is 22.6 Å². The molecule has 224 valence electrons. The van der Waals surface area contributed by atoms with Crippen LogP contribution in [0.5, 0.6) is 11.5 Å². The van der Waals surface area contributed by atoms with Crippen molar-refractivity contribution in [3.63, 3.8) is 0 Å². The molecule has 13 nitrogen and oxygen atoms in total. The fourth-order valence-corrected chi connectivity index (χ4v) is 4.49. The Hall–Kier alpha value is -4.59. The predicted molar refractivity (Wildman–Crippen MR) is 152 cm³/mol. The zero-order chi connectivity index (χ0) is 30.8. The molecule has 0 saturated carbocycles. The standard InChI is InChI=1S/C28H32N4O9S/c1-15(33)29-21-12-16-5-7-18(8-6-16)41-19-4-2-3-17(11-19)13-22(27(38)32-23(14-42)28(39)40)31-25(36)20(30-26(21)37)9-10-24(34)35/h2-8,11,20-23,42H,9-10,12-14H2,1H3,(H,29,33)(H,30,37)(H,31,36)(H,32,38)(H,34,35)(H,39,40)/t20-,21-,22-,23-/m0/s1. The van der Waals surface area contributed by atoms with Gasteiger partial charge in [0.2, 0.25) is 23.6 Å². The smallest absolute Gasteiger partial charge is 0.327 e. The number of thiol groups is 1. The van der Waals surface area contributed by atoms with Crippen molar-refractivity contribution in [3.05, 3.63) is 59.7 Å². The topological polar surface area (TPSA) is 200 Å². The van der Waals surface area contributed by atoms with Gasteiger partial charge in [0, 0.05) is 31.9 Å². The molecule has 0 aliphatic carbocycles. The van der Waals surface area contributed by atoms with Crippen LogP contribution in [0.4, 0.5) is 0 Å². The van der Waals surface area contributed by atoms with E-state index in [1.807, 2.05) is 0 Å². The Labute approximate surface area is 246 Å². The van der Waals surface area contributed by atoms with E-state index in [9.17, 15) is 39.0 Å². The van der Waals surface area contributed by atoms with Crippen LogP contribution in [0.15, 0.2) is 48.5 Å². The Kier molecular flexibility index (Phi) is 11.3. The molecule has 42 heavy (non-hydrogen) atoms. The van der Waals surface area contributed by atoms with Crippen molar-refractivity contribution < 1.29 is 43.7 Å². The van der Waals surface area contributed by atoms with E-state index < -0.39 is 66.2 Å². The number of ether oxygens (including phenoxy) is 1. The number of carboxylic acid groups (broad SMARTS) is 2. The largest absolute Gasteiger partial charge is 0.481 e. The highest BCUT2D eigenvalue weighted by atomic mass is 32.1. The highest BCUT2D eigenvalue weighted by Crippen LogP contribution is 2.24. The number of amides is 4. The summed E-state index contributed by atoms with van der Waals surface area (Å²) in [5, 5.41) is 28.5. The second-order valence-corrected chi connectivity index (χ2v) is 10.1. The van der Waals surface area contributed by atoms with Gasteiger partial charge < -0.3 is 36.2 Å².